The number of nitrogens with one attached hydrogen (secondary N) is 1. The minimum atomic E-state index is -0.125. The number of carbonyl (C=O) groups excluding carboxylic acids is 1. The first-order valence-corrected chi connectivity index (χ1v) is 7.16. The zero-order valence-electron chi connectivity index (χ0n) is 12.1. The molecule has 0 radical (unpaired) electrons. The third-order valence-corrected chi connectivity index (χ3v) is 4.09. The van der Waals surface area contributed by atoms with Crippen LogP contribution in [0.5, 0.6) is 0 Å². The van der Waals surface area contributed by atoms with Crippen molar-refractivity contribution in [3.63, 3.8) is 0 Å². The lowest BCUT2D eigenvalue weighted by Gasteiger charge is -2.16. The molecule has 1 aromatic heterocycles. The van der Waals surface area contributed by atoms with Crippen molar-refractivity contribution in [2.24, 2.45) is 0 Å². The molecule has 1 N–H and O–H groups in total. The topological polar surface area (TPSA) is 53.2 Å². The fourth-order valence-corrected chi connectivity index (χ4v) is 2.93. The van der Waals surface area contributed by atoms with E-state index in [4.69, 9.17) is 0 Å². The number of aromatic amines is 1. The Bertz CT molecular complexity index is 972. The Balaban J connectivity index is 1.79. The summed E-state index contributed by atoms with van der Waals surface area (Å²) in [6.07, 6.45) is 0. The van der Waals surface area contributed by atoms with Gasteiger partial charge in [-0.25, -0.2) is 0 Å². The maximum absolute atomic E-state index is 12.6. The van der Waals surface area contributed by atoms with Gasteiger partial charge in [0.1, 0.15) is 0 Å². The number of hydrogen-bond donors (Lipinski definition) is 1. The standard InChI is InChI=1S/C18H14N2O2/c1-11-2-3-13-10-20(18(22)15(13)8-11)14-5-6-16-12(9-14)4-7-17(21)19-16/h2-9H,10H2,1H3,(H,19,21). The zero-order valence-corrected chi connectivity index (χ0v) is 12.1. The molecule has 1 aliphatic rings. The van der Waals surface area contributed by atoms with Crippen LogP contribution in [-0.2, 0) is 6.54 Å². The summed E-state index contributed by atoms with van der Waals surface area (Å²) in [7, 11) is 0. The molecule has 1 aliphatic heterocycles. The van der Waals surface area contributed by atoms with E-state index < -0.39 is 0 Å². The Morgan fingerprint density at radius 2 is 1.86 bits per heavy atom. The molecule has 4 rings (SSSR count). The van der Waals surface area contributed by atoms with E-state index in [-0.39, 0.29) is 11.5 Å². The van der Waals surface area contributed by atoms with Crippen molar-refractivity contribution in [3.8, 4) is 0 Å². The first kappa shape index (κ1) is 12.8. The third kappa shape index (κ3) is 1.92. The van der Waals surface area contributed by atoms with Gasteiger partial charge in [0, 0.05) is 28.2 Å². The molecule has 3 aromatic rings. The van der Waals surface area contributed by atoms with Gasteiger partial charge in [0.2, 0.25) is 5.56 Å². The molecule has 108 valence electrons. The van der Waals surface area contributed by atoms with Gasteiger partial charge in [-0.2, -0.15) is 0 Å². The summed E-state index contributed by atoms with van der Waals surface area (Å²) in [5, 5.41) is 0.914. The van der Waals surface area contributed by atoms with Gasteiger partial charge in [0.05, 0.1) is 6.54 Å². The minimum Gasteiger partial charge on any atom is -0.322 e. The molecule has 0 unspecified atom stereocenters. The number of H-pyrrole nitrogens is 1. The maximum atomic E-state index is 12.6. The van der Waals surface area contributed by atoms with Crippen molar-refractivity contribution in [3.05, 3.63) is 75.6 Å². The van der Waals surface area contributed by atoms with Gasteiger partial charge in [0.15, 0.2) is 0 Å². The lowest BCUT2D eigenvalue weighted by molar-refractivity contribution is 0.0996. The van der Waals surface area contributed by atoms with Crippen molar-refractivity contribution < 1.29 is 4.79 Å². The number of nitrogens with zero attached hydrogens (tertiary/aromatic N) is 1. The summed E-state index contributed by atoms with van der Waals surface area (Å²) in [6, 6.07) is 14.9. The molecule has 22 heavy (non-hydrogen) atoms. The highest BCUT2D eigenvalue weighted by molar-refractivity contribution is 6.10. The molecule has 2 aromatic carbocycles. The first-order valence-electron chi connectivity index (χ1n) is 7.16. The lowest BCUT2D eigenvalue weighted by Crippen LogP contribution is -2.22. The predicted octanol–water partition coefficient (Wildman–Crippen LogP) is 3.00. The number of benzene rings is 2. The Hall–Kier alpha value is -2.88. The van der Waals surface area contributed by atoms with Crippen molar-refractivity contribution in [2.75, 3.05) is 4.90 Å². The van der Waals surface area contributed by atoms with Crippen molar-refractivity contribution in [2.45, 2.75) is 13.5 Å². The van der Waals surface area contributed by atoms with Crippen LogP contribution < -0.4 is 10.5 Å². The molecular weight excluding hydrogens is 276 g/mol. The van der Waals surface area contributed by atoms with Gasteiger partial charge in [-0.15, -0.1) is 0 Å². The van der Waals surface area contributed by atoms with Crippen LogP contribution in [0.4, 0.5) is 5.69 Å². The second kappa shape index (κ2) is 4.56. The average molecular weight is 290 g/mol. The van der Waals surface area contributed by atoms with Crippen LogP contribution in [0, 0.1) is 6.92 Å². The van der Waals surface area contributed by atoms with Gasteiger partial charge in [0.25, 0.3) is 5.91 Å². The summed E-state index contributed by atoms with van der Waals surface area (Å²) in [6.45, 7) is 2.58. The molecule has 0 atom stereocenters. The van der Waals surface area contributed by atoms with E-state index in [1.165, 1.54) is 6.07 Å². The normalized spacial score (nSPS) is 13.7. The molecule has 4 heteroatoms. The van der Waals surface area contributed by atoms with Crippen LogP contribution in [0.2, 0.25) is 0 Å². The smallest absolute Gasteiger partial charge is 0.258 e. The maximum Gasteiger partial charge on any atom is 0.258 e. The molecule has 0 saturated heterocycles. The van der Waals surface area contributed by atoms with E-state index in [0.29, 0.717) is 6.54 Å². The SMILES string of the molecule is Cc1ccc2c(c1)C(=O)N(c1ccc3[nH]c(=O)ccc3c1)C2. The largest absolute Gasteiger partial charge is 0.322 e. The second-order valence-corrected chi connectivity index (χ2v) is 5.65. The second-order valence-electron chi connectivity index (χ2n) is 5.65. The monoisotopic (exact) mass is 290 g/mol. The molecule has 0 spiro atoms. The van der Waals surface area contributed by atoms with Crippen LogP contribution in [0.15, 0.2) is 53.3 Å². The first-order chi connectivity index (χ1) is 10.6. The fourth-order valence-electron chi connectivity index (χ4n) is 2.93. The molecule has 0 fully saturated rings. The molecule has 0 aliphatic carbocycles. The quantitative estimate of drug-likeness (QED) is 0.749. The van der Waals surface area contributed by atoms with E-state index in [2.05, 4.69) is 4.98 Å². The molecule has 4 nitrogen and oxygen atoms in total. The number of rotatable bonds is 1. The van der Waals surface area contributed by atoms with E-state index in [9.17, 15) is 9.59 Å². The van der Waals surface area contributed by atoms with Crippen LogP contribution in [0.1, 0.15) is 21.5 Å². The summed E-state index contributed by atoms with van der Waals surface area (Å²) in [5.41, 5.74) is 4.42. The van der Waals surface area contributed by atoms with Gasteiger partial charge < -0.3 is 9.88 Å². The molecule has 2 heterocycles. The molecule has 0 bridgehead atoms. The number of carbonyl (C=O) groups is 1. The fraction of sp³-hybridized carbons (Fsp3) is 0.111. The van der Waals surface area contributed by atoms with E-state index in [1.54, 1.807) is 11.0 Å². The zero-order chi connectivity index (χ0) is 15.3. The summed E-state index contributed by atoms with van der Waals surface area (Å²) in [4.78, 5) is 28.5. The predicted molar refractivity (Wildman–Crippen MR) is 86.3 cm³/mol. The highest BCUT2D eigenvalue weighted by Gasteiger charge is 2.28. The van der Waals surface area contributed by atoms with Crippen LogP contribution in [-0.4, -0.2) is 10.9 Å². The van der Waals surface area contributed by atoms with Gasteiger partial charge in [-0.05, 0) is 42.8 Å². The number of amides is 1. The number of pyridine rings is 1. The number of fused-ring (bicyclic) bond motifs is 2. The number of aromatic nitrogens is 1. The Labute approximate surface area is 127 Å². The Morgan fingerprint density at radius 1 is 1.00 bits per heavy atom. The van der Waals surface area contributed by atoms with Crippen LogP contribution >= 0.6 is 0 Å². The Kier molecular flexibility index (Phi) is 2.66. The highest BCUT2D eigenvalue weighted by atomic mass is 16.2. The van der Waals surface area contributed by atoms with E-state index in [1.807, 2.05) is 43.3 Å². The lowest BCUT2D eigenvalue weighted by atomic mass is 10.1. The Morgan fingerprint density at radius 3 is 2.73 bits per heavy atom. The van der Waals surface area contributed by atoms with E-state index >= 15 is 0 Å². The van der Waals surface area contributed by atoms with Crippen LogP contribution in [0.25, 0.3) is 10.9 Å². The van der Waals surface area contributed by atoms with Gasteiger partial charge >= 0.3 is 0 Å². The molecular formula is C18H14N2O2. The number of aryl methyl sites for hydroxylation is 1. The van der Waals surface area contributed by atoms with Crippen molar-refractivity contribution in [1.29, 1.82) is 0 Å². The minimum absolute atomic E-state index is 0.0301. The molecule has 0 saturated carbocycles. The van der Waals surface area contributed by atoms with Gasteiger partial charge in [-0.3, -0.25) is 9.59 Å². The van der Waals surface area contributed by atoms with Crippen molar-refractivity contribution >= 4 is 22.5 Å². The van der Waals surface area contributed by atoms with Crippen molar-refractivity contribution in [1.82, 2.24) is 4.98 Å². The number of hydrogen-bond acceptors (Lipinski definition) is 2. The number of anilines is 1. The average Bonchev–Trinajstić information content (AvgIpc) is 2.84. The van der Waals surface area contributed by atoms with Crippen LogP contribution in [0.3, 0.4) is 0 Å². The summed E-state index contributed by atoms with van der Waals surface area (Å²) < 4.78 is 0. The molecule has 1 amide bonds. The third-order valence-electron chi connectivity index (χ3n) is 4.09. The summed E-state index contributed by atoms with van der Waals surface area (Å²) in [5.74, 6) is 0.0301. The summed E-state index contributed by atoms with van der Waals surface area (Å²) >= 11 is 0. The highest BCUT2D eigenvalue weighted by Crippen LogP contribution is 2.30. The van der Waals surface area contributed by atoms with Gasteiger partial charge in [-0.1, -0.05) is 17.7 Å². The van der Waals surface area contributed by atoms with E-state index in [0.717, 1.165) is 33.3 Å².